The summed E-state index contributed by atoms with van der Waals surface area (Å²) in [4.78, 5) is 24.6. The zero-order valence-corrected chi connectivity index (χ0v) is 14.3. The van der Waals surface area contributed by atoms with Crippen molar-refractivity contribution < 1.29 is 19.1 Å². The number of carbonyl (C=O) groups excluding carboxylic acids is 2. The molecule has 0 radical (unpaired) electrons. The lowest BCUT2D eigenvalue weighted by atomic mass is 9.72. The minimum Gasteiger partial charge on any atom is -0.469 e. The third kappa shape index (κ3) is 3.21. The van der Waals surface area contributed by atoms with E-state index in [-0.39, 0.29) is 18.0 Å². The Morgan fingerprint density at radius 1 is 1.14 bits per heavy atom. The van der Waals surface area contributed by atoms with E-state index < -0.39 is 10.8 Å². The van der Waals surface area contributed by atoms with Crippen LogP contribution in [-0.4, -0.2) is 25.2 Å². The van der Waals surface area contributed by atoms with Crippen LogP contribution < -0.4 is 0 Å². The molecule has 2 aliphatic carbocycles. The first-order valence-electron chi connectivity index (χ1n) is 8.19. The van der Waals surface area contributed by atoms with Gasteiger partial charge in [-0.2, -0.15) is 0 Å². The summed E-state index contributed by atoms with van der Waals surface area (Å²) >= 11 is 0. The van der Waals surface area contributed by atoms with Gasteiger partial charge in [-0.25, -0.2) is 0 Å². The molecule has 4 heteroatoms. The lowest BCUT2D eigenvalue weighted by Gasteiger charge is -2.34. The fraction of sp³-hybridized carbons (Fsp3) is 0.778. The molecule has 0 aromatic heterocycles. The lowest BCUT2D eigenvalue weighted by molar-refractivity contribution is -0.166. The molecule has 0 aliphatic heterocycles. The molecular weight excluding hydrogens is 280 g/mol. The fourth-order valence-corrected chi connectivity index (χ4v) is 3.80. The van der Waals surface area contributed by atoms with Gasteiger partial charge in [0.1, 0.15) is 6.10 Å². The molecule has 2 bridgehead atoms. The van der Waals surface area contributed by atoms with Crippen molar-refractivity contribution in [3.8, 4) is 0 Å². The Labute approximate surface area is 133 Å². The van der Waals surface area contributed by atoms with E-state index in [1.807, 2.05) is 27.7 Å². The van der Waals surface area contributed by atoms with Crippen LogP contribution in [0.1, 0.15) is 53.4 Å². The average Bonchev–Trinajstić information content (AvgIpc) is 3.08. The third-order valence-corrected chi connectivity index (χ3v) is 5.32. The summed E-state index contributed by atoms with van der Waals surface area (Å²) < 4.78 is 10.7. The van der Waals surface area contributed by atoms with Gasteiger partial charge in [0.15, 0.2) is 0 Å². The van der Waals surface area contributed by atoms with Gasteiger partial charge < -0.3 is 9.47 Å². The third-order valence-electron chi connectivity index (χ3n) is 5.32. The molecule has 0 spiro atoms. The van der Waals surface area contributed by atoms with E-state index in [9.17, 15) is 9.59 Å². The van der Waals surface area contributed by atoms with Gasteiger partial charge in [-0.3, -0.25) is 9.59 Å². The van der Waals surface area contributed by atoms with Gasteiger partial charge in [-0.05, 0) is 52.4 Å². The Balaban J connectivity index is 2.01. The maximum Gasteiger partial charge on any atom is 0.311 e. The zero-order chi connectivity index (χ0) is 16.5. The van der Waals surface area contributed by atoms with Crippen LogP contribution in [0.4, 0.5) is 0 Å². The molecule has 1 fully saturated rings. The van der Waals surface area contributed by atoms with E-state index in [1.54, 1.807) is 0 Å². The van der Waals surface area contributed by atoms with Crippen molar-refractivity contribution in [3.63, 3.8) is 0 Å². The summed E-state index contributed by atoms with van der Waals surface area (Å²) in [5.41, 5.74) is -1.36. The van der Waals surface area contributed by atoms with Crippen LogP contribution in [0.25, 0.3) is 0 Å². The Morgan fingerprint density at radius 2 is 1.82 bits per heavy atom. The van der Waals surface area contributed by atoms with E-state index in [2.05, 4.69) is 12.2 Å². The largest absolute Gasteiger partial charge is 0.469 e. The molecule has 4 nitrogen and oxygen atoms in total. The first kappa shape index (κ1) is 17.0. The van der Waals surface area contributed by atoms with E-state index >= 15 is 0 Å². The van der Waals surface area contributed by atoms with Crippen molar-refractivity contribution in [1.82, 2.24) is 0 Å². The van der Waals surface area contributed by atoms with Crippen molar-refractivity contribution in [2.24, 2.45) is 22.7 Å². The summed E-state index contributed by atoms with van der Waals surface area (Å²) in [5.74, 6) is 0.477. The first-order valence-corrected chi connectivity index (χ1v) is 8.19. The maximum atomic E-state index is 12.6. The second kappa shape index (κ2) is 6.05. The number of fused-ring (bicyclic) bond motifs is 2. The number of esters is 2. The quantitative estimate of drug-likeness (QED) is 0.556. The van der Waals surface area contributed by atoms with Crippen LogP contribution in [0.5, 0.6) is 0 Å². The van der Waals surface area contributed by atoms with Gasteiger partial charge in [0, 0.05) is 5.92 Å². The highest BCUT2D eigenvalue weighted by molar-refractivity contribution is 5.80. The van der Waals surface area contributed by atoms with Crippen LogP contribution in [0, 0.1) is 22.7 Å². The molecule has 0 amide bonds. The first-order chi connectivity index (χ1) is 10.2. The average molecular weight is 308 g/mol. The van der Waals surface area contributed by atoms with Gasteiger partial charge in [0.25, 0.3) is 0 Å². The zero-order valence-electron chi connectivity index (χ0n) is 14.3. The van der Waals surface area contributed by atoms with Gasteiger partial charge in [-0.1, -0.05) is 19.1 Å². The molecule has 1 saturated carbocycles. The SMILES string of the molecule is CCC(C)(CC(C)(C)C(=O)OC1CC2C=CC1C2)C(=O)OC. The van der Waals surface area contributed by atoms with Crippen LogP contribution in [0.2, 0.25) is 0 Å². The lowest BCUT2D eigenvalue weighted by Crippen LogP contribution is -2.39. The topological polar surface area (TPSA) is 52.6 Å². The molecule has 0 aromatic carbocycles. The molecule has 2 rings (SSSR count). The van der Waals surface area contributed by atoms with Crippen LogP contribution in [-0.2, 0) is 19.1 Å². The fourth-order valence-electron chi connectivity index (χ4n) is 3.80. The molecule has 22 heavy (non-hydrogen) atoms. The highest BCUT2D eigenvalue weighted by atomic mass is 16.5. The van der Waals surface area contributed by atoms with E-state index in [4.69, 9.17) is 9.47 Å². The number of rotatable bonds is 6. The Hall–Kier alpha value is -1.32. The van der Waals surface area contributed by atoms with Crippen molar-refractivity contribution in [1.29, 1.82) is 0 Å². The van der Waals surface area contributed by atoms with Gasteiger partial charge >= 0.3 is 11.9 Å². The normalized spacial score (nSPS) is 29.2. The summed E-state index contributed by atoms with van der Waals surface area (Å²) in [6.45, 7) is 7.51. The van der Waals surface area contributed by atoms with Crippen LogP contribution >= 0.6 is 0 Å². The molecule has 0 heterocycles. The molecule has 4 unspecified atom stereocenters. The minimum atomic E-state index is -0.704. The molecule has 4 atom stereocenters. The van der Waals surface area contributed by atoms with Crippen molar-refractivity contribution in [2.75, 3.05) is 7.11 Å². The van der Waals surface area contributed by atoms with Gasteiger partial charge in [0.2, 0.25) is 0 Å². The highest BCUT2D eigenvalue weighted by Gasteiger charge is 2.45. The van der Waals surface area contributed by atoms with Crippen molar-refractivity contribution in [2.45, 2.75) is 59.5 Å². The highest BCUT2D eigenvalue weighted by Crippen LogP contribution is 2.43. The summed E-state index contributed by atoms with van der Waals surface area (Å²) in [6, 6.07) is 0. The minimum absolute atomic E-state index is 0.00721. The Kier molecular flexibility index (Phi) is 4.69. The summed E-state index contributed by atoms with van der Waals surface area (Å²) in [6.07, 6.45) is 7.51. The molecule has 0 aromatic rings. The smallest absolute Gasteiger partial charge is 0.311 e. The summed E-state index contributed by atoms with van der Waals surface area (Å²) in [5, 5.41) is 0. The predicted octanol–water partition coefficient (Wildman–Crippen LogP) is 3.50. The standard InChI is InChI=1S/C18H28O4/c1-6-18(4,16(20)21-5)11-17(2,3)15(19)22-14-10-12-7-8-13(14)9-12/h7-8,12-14H,6,9-11H2,1-5H3. The number of hydrogen-bond acceptors (Lipinski definition) is 4. The molecule has 0 saturated heterocycles. The predicted molar refractivity (Wildman–Crippen MR) is 84.0 cm³/mol. The van der Waals surface area contributed by atoms with Crippen molar-refractivity contribution in [3.05, 3.63) is 12.2 Å². The summed E-state index contributed by atoms with van der Waals surface area (Å²) in [7, 11) is 1.39. The second-order valence-corrected chi connectivity index (χ2v) is 7.69. The number of allylic oxidation sites excluding steroid dienone is 1. The van der Waals surface area contributed by atoms with E-state index in [1.165, 1.54) is 7.11 Å². The monoisotopic (exact) mass is 308 g/mol. The Bertz CT molecular complexity index is 479. The number of hydrogen-bond donors (Lipinski definition) is 0. The van der Waals surface area contributed by atoms with Crippen LogP contribution in [0.15, 0.2) is 12.2 Å². The van der Waals surface area contributed by atoms with Gasteiger partial charge in [0.05, 0.1) is 17.9 Å². The number of ether oxygens (including phenoxy) is 2. The number of carbonyl (C=O) groups is 2. The number of methoxy groups -OCH3 is 1. The molecule has 0 N–H and O–H groups in total. The molecule has 2 aliphatic rings. The van der Waals surface area contributed by atoms with Crippen LogP contribution in [0.3, 0.4) is 0 Å². The Morgan fingerprint density at radius 3 is 2.27 bits per heavy atom. The molecular formula is C18H28O4. The van der Waals surface area contributed by atoms with Gasteiger partial charge in [-0.15, -0.1) is 0 Å². The maximum absolute atomic E-state index is 12.6. The van der Waals surface area contributed by atoms with E-state index in [0.717, 1.165) is 12.8 Å². The second-order valence-electron chi connectivity index (χ2n) is 7.69. The molecule has 124 valence electrons. The van der Waals surface area contributed by atoms with Crippen molar-refractivity contribution >= 4 is 11.9 Å². The van der Waals surface area contributed by atoms with E-state index in [0.29, 0.717) is 24.7 Å².